The van der Waals surface area contributed by atoms with Crippen LogP contribution in [0.2, 0.25) is 0 Å². The summed E-state index contributed by atoms with van der Waals surface area (Å²) in [6.07, 6.45) is 11.1. The predicted molar refractivity (Wildman–Crippen MR) is 101 cm³/mol. The van der Waals surface area contributed by atoms with E-state index in [1.54, 1.807) is 18.5 Å². The minimum absolute atomic E-state index is 0.0281. The second-order valence-electron chi connectivity index (χ2n) is 9.19. The highest BCUT2D eigenvalue weighted by molar-refractivity contribution is 5.91. The Balaban J connectivity index is 1.21. The number of likely N-dealkylation sites (tertiary alicyclic amines) is 2. The molecule has 3 heterocycles. The summed E-state index contributed by atoms with van der Waals surface area (Å²) in [5.41, 5.74) is 0.152. The van der Waals surface area contributed by atoms with Gasteiger partial charge >= 0.3 is 0 Å². The fourth-order valence-electron chi connectivity index (χ4n) is 4.76. The van der Waals surface area contributed by atoms with Gasteiger partial charge < -0.3 is 9.64 Å². The average Bonchev–Trinajstić information content (AvgIpc) is 3.57. The maximum absolute atomic E-state index is 12.7. The van der Waals surface area contributed by atoms with Crippen LogP contribution < -0.4 is 0 Å². The van der Waals surface area contributed by atoms with Crippen molar-refractivity contribution < 1.29 is 9.53 Å². The lowest BCUT2D eigenvalue weighted by Crippen LogP contribution is -2.73. The molecule has 4 fully saturated rings. The highest BCUT2D eigenvalue weighted by Crippen LogP contribution is 2.42. The minimum atomic E-state index is -0.0281. The summed E-state index contributed by atoms with van der Waals surface area (Å²) < 4.78 is 6.01. The quantitative estimate of drug-likeness (QED) is 0.737. The lowest BCUT2D eigenvalue weighted by atomic mass is 9.74. The molecular weight excluding hydrogens is 340 g/mol. The Hall–Kier alpha value is -1.53. The van der Waals surface area contributed by atoms with Gasteiger partial charge in [-0.3, -0.25) is 9.69 Å². The minimum Gasteiger partial charge on any atom is -0.381 e. The van der Waals surface area contributed by atoms with E-state index in [4.69, 9.17) is 4.74 Å². The van der Waals surface area contributed by atoms with Crippen LogP contribution in [0, 0.1) is 17.8 Å². The summed E-state index contributed by atoms with van der Waals surface area (Å²) >= 11 is 0. The van der Waals surface area contributed by atoms with Crippen LogP contribution in [0.5, 0.6) is 0 Å². The third-order valence-corrected chi connectivity index (χ3v) is 6.74. The van der Waals surface area contributed by atoms with E-state index in [1.165, 1.54) is 38.6 Å². The molecule has 6 nitrogen and oxygen atoms in total. The van der Waals surface area contributed by atoms with E-state index in [2.05, 4.69) is 14.9 Å². The summed E-state index contributed by atoms with van der Waals surface area (Å²) in [6.45, 7) is 5.83. The highest BCUT2D eigenvalue weighted by Gasteiger charge is 2.53. The first-order valence-corrected chi connectivity index (χ1v) is 10.6. The Kier molecular flexibility index (Phi) is 4.64. The lowest BCUT2D eigenvalue weighted by molar-refractivity contribution is -0.0898. The first-order valence-electron chi connectivity index (χ1n) is 10.6. The second-order valence-corrected chi connectivity index (χ2v) is 9.19. The van der Waals surface area contributed by atoms with Crippen LogP contribution in [0.3, 0.4) is 0 Å². The molecule has 0 radical (unpaired) electrons. The molecule has 2 aliphatic heterocycles. The zero-order chi connectivity index (χ0) is 18.3. The molecule has 0 aromatic carbocycles. The van der Waals surface area contributed by atoms with E-state index >= 15 is 0 Å². The van der Waals surface area contributed by atoms with Crippen molar-refractivity contribution in [1.29, 1.82) is 0 Å². The zero-order valence-electron chi connectivity index (χ0n) is 16.1. The fourth-order valence-corrected chi connectivity index (χ4v) is 4.76. The Morgan fingerprint density at radius 1 is 1.04 bits per heavy atom. The number of nitrogens with zero attached hydrogens (tertiary/aromatic N) is 4. The largest absolute Gasteiger partial charge is 0.381 e. The molecule has 4 aliphatic rings. The van der Waals surface area contributed by atoms with Crippen LogP contribution in [0.15, 0.2) is 18.5 Å². The summed E-state index contributed by atoms with van der Waals surface area (Å²) in [6, 6.07) is 1.75. The van der Waals surface area contributed by atoms with Gasteiger partial charge in [-0.25, -0.2) is 9.97 Å². The SMILES string of the molecule is O=C(c1ncccn1)N1CC2(CC(COCC3CC3)CCN2CC2CC2)C1. The first-order chi connectivity index (χ1) is 13.2. The van der Waals surface area contributed by atoms with Gasteiger partial charge in [0, 0.05) is 45.2 Å². The maximum Gasteiger partial charge on any atom is 0.291 e. The van der Waals surface area contributed by atoms with Gasteiger partial charge in [0.2, 0.25) is 5.82 Å². The highest BCUT2D eigenvalue weighted by atomic mass is 16.5. The maximum atomic E-state index is 12.7. The van der Waals surface area contributed by atoms with Crippen LogP contribution in [0.1, 0.15) is 49.1 Å². The van der Waals surface area contributed by atoms with Crippen LogP contribution in [-0.4, -0.2) is 70.6 Å². The standard InChI is InChI=1S/C21H30N4O2/c26-20(19-22-7-1-8-23-19)24-14-21(15-24)10-18(13-27-12-17-4-5-17)6-9-25(21)11-16-2-3-16/h1,7-8,16-18H,2-6,9-15H2. The third-order valence-electron chi connectivity index (χ3n) is 6.74. The molecule has 27 heavy (non-hydrogen) atoms. The van der Waals surface area contributed by atoms with Gasteiger partial charge in [-0.05, 0) is 68.9 Å². The lowest BCUT2D eigenvalue weighted by Gasteiger charge is -2.59. The zero-order valence-corrected chi connectivity index (χ0v) is 16.1. The second kappa shape index (κ2) is 7.13. The molecule has 1 aromatic heterocycles. The number of amides is 1. The van der Waals surface area contributed by atoms with Gasteiger partial charge in [0.15, 0.2) is 0 Å². The van der Waals surface area contributed by atoms with Crippen molar-refractivity contribution in [2.75, 3.05) is 39.4 Å². The van der Waals surface area contributed by atoms with Crippen molar-refractivity contribution >= 4 is 5.91 Å². The van der Waals surface area contributed by atoms with Gasteiger partial charge in [0.05, 0.1) is 5.54 Å². The van der Waals surface area contributed by atoms with Crippen molar-refractivity contribution in [2.45, 2.75) is 44.1 Å². The van der Waals surface area contributed by atoms with Gasteiger partial charge in [0.25, 0.3) is 5.91 Å². The molecular formula is C21H30N4O2. The Labute approximate surface area is 161 Å². The summed E-state index contributed by atoms with van der Waals surface area (Å²) in [5, 5.41) is 0. The summed E-state index contributed by atoms with van der Waals surface area (Å²) in [7, 11) is 0. The van der Waals surface area contributed by atoms with E-state index in [1.807, 2.05) is 4.90 Å². The van der Waals surface area contributed by atoms with Crippen molar-refractivity contribution in [3.63, 3.8) is 0 Å². The van der Waals surface area contributed by atoms with Crippen molar-refractivity contribution in [1.82, 2.24) is 19.8 Å². The van der Waals surface area contributed by atoms with Crippen molar-refractivity contribution in [3.8, 4) is 0 Å². The number of hydrogen-bond donors (Lipinski definition) is 0. The average molecular weight is 370 g/mol. The van der Waals surface area contributed by atoms with E-state index in [0.717, 1.165) is 51.1 Å². The van der Waals surface area contributed by atoms with Crippen LogP contribution in [0.25, 0.3) is 0 Å². The van der Waals surface area contributed by atoms with Gasteiger partial charge in [-0.15, -0.1) is 0 Å². The Morgan fingerprint density at radius 2 is 1.74 bits per heavy atom. The topological polar surface area (TPSA) is 58.6 Å². The Bertz CT molecular complexity index is 668. The molecule has 1 atom stereocenters. The van der Waals surface area contributed by atoms with Gasteiger partial charge in [0.1, 0.15) is 0 Å². The van der Waals surface area contributed by atoms with E-state index in [0.29, 0.717) is 11.7 Å². The fraction of sp³-hybridized carbons (Fsp3) is 0.762. The number of hydrogen-bond acceptors (Lipinski definition) is 5. The van der Waals surface area contributed by atoms with E-state index in [-0.39, 0.29) is 11.4 Å². The smallest absolute Gasteiger partial charge is 0.291 e. The molecule has 2 saturated heterocycles. The van der Waals surface area contributed by atoms with Gasteiger partial charge in [-0.1, -0.05) is 0 Å². The molecule has 1 amide bonds. The molecule has 5 rings (SSSR count). The molecule has 0 bridgehead atoms. The number of carbonyl (C=O) groups is 1. The molecule has 146 valence electrons. The molecule has 2 saturated carbocycles. The normalized spacial score (nSPS) is 27.6. The summed E-state index contributed by atoms with van der Waals surface area (Å²) in [5.74, 6) is 2.63. The van der Waals surface area contributed by atoms with Gasteiger partial charge in [-0.2, -0.15) is 0 Å². The molecule has 2 aliphatic carbocycles. The number of piperidine rings is 1. The van der Waals surface area contributed by atoms with Crippen LogP contribution >= 0.6 is 0 Å². The first kappa shape index (κ1) is 17.6. The number of aromatic nitrogens is 2. The third kappa shape index (κ3) is 3.87. The van der Waals surface area contributed by atoms with Crippen LogP contribution in [-0.2, 0) is 4.74 Å². The molecule has 0 N–H and O–H groups in total. The van der Waals surface area contributed by atoms with E-state index in [9.17, 15) is 4.79 Å². The predicted octanol–water partition coefficient (Wildman–Crippen LogP) is 2.22. The summed E-state index contributed by atoms with van der Waals surface area (Å²) in [4.78, 5) is 25.6. The molecule has 1 spiro atoms. The number of ether oxygens (including phenoxy) is 1. The van der Waals surface area contributed by atoms with Crippen molar-refractivity contribution in [2.24, 2.45) is 17.8 Å². The number of rotatable bonds is 7. The molecule has 6 heteroatoms. The van der Waals surface area contributed by atoms with Crippen LogP contribution in [0.4, 0.5) is 0 Å². The molecule has 1 aromatic rings. The number of carbonyl (C=O) groups excluding carboxylic acids is 1. The van der Waals surface area contributed by atoms with E-state index < -0.39 is 0 Å². The Morgan fingerprint density at radius 3 is 2.44 bits per heavy atom. The monoisotopic (exact) mass is 370 g/mol. The van der Waals surface area contributed by atoms with Crippen molar-refractivity contribution in [3.05, 3.63) is 24.3 Å². The molecule has 1 unspecified atom stereocenters.